The molecule has 1 aliphatic carbocycles. The molecule has 0 saturated heterocycles. The van der Waals surface area contributed by atoms with E-state index < -0.39 is 15.4 Å². The topological polar surface area (TPSA) is 26.3 Å². The quantitative estimate of drug-likeness (QED) is 0.419. The second kappa shape index (κ2) is 8.37. The highest BCUT2D eigenvalue weighted by Gasteiger charge is 2.36. The Hall–Kier alpha value is -0.633. The Morgan fingerprint density at radius 3 is 2.36 bits per heavy atom. The van der Waals surface area contributed by atoms with Gasteiger partial charge in [-0.2, -0.15) is 0 Å². The van der Waals surface area contributed by atoms with Gasteiger partial charge in [0.15, 0.2) is 0 Å². The minimum atomic E-state index is -2.99. The molecule has 4 atom stereocenters. The van der Waals surface area contributed by atoms with E-state index in [9.17, 15) is 4.57 Å². The van der Waals surface area contributed by atoms with E-state index in [2.05, 4.69) is 46.1 Å². The first-order valence-corrected chi connectivity index (χ1v) is 14.9. The van der Waals surface area contributed by atoms with Crippen molar-refractivity contribution in [3.63, 3.8) is 0 Å². The highest BCUT2D eigenvalue weighted by Crippen LogP contribution is 2.52. The Morgan fingerprint density at radius 1 is 1.16 bits per heavy atom. The first-order valence-electron chi connectivity index (χ1n) is 9.65. The summed E-state index contributed by atoms with van der Waals surface area (Å²) in [6, 6.07) is 9.78. The number of benzene rings is 1. The largest absolute Gasteiger partial charge is 0.319 e. The lowest BCUT2D eigenvalue weighted by molar-refractivity contribution is 0.0512. The second-order valence-electron chi connectivity index (χ2n) is 9.08. The van der Waals surface area contributed by atoms with Crippen molar-refractivity contribution in [2.45, 2.75) is 65.8 Å². The molecule has 25 heavy (non-hydrogen) atoms. The summed E-state index contributed by atoms with van der Waals surface area (Å²) in [5.74, 6) is 3.60. The van der Waals surface area contributed by atoms with Crippen LogP contribution in [-0.2, 0) is 9.09 Å². The van der Waals surface area contributed by atoms with Crippen LogP contribution in [0.5, 0.6) is 0 Å². The van der Waals surface area contributed by atoms with E-state index in [1.807, 2.05) is 36.1 Å². The van der Waals surface area contributed by atoms with E-state index in [-0.39, 0.29) is 6.10 Å². The van der Waals surface area contributed by atoms with Crippen LogP contribution in [0.2, 0.25) is 19.6 Å². The molecular formula is C21H35O2PSi. The van der Waals surface area contributed by atoms with Gasteiger partial charge in [0, 0.05) is 5.30 Å². The van der Waals surface area contributed by atoms with Crippen LogP contribution in [0, 0.1) is 17.8 Å². The lowest BCUT2D eigenvalue weighted by Crippen LogP contribution is -2.34. The van der Waals surface area contributed by atoms with Gasteiger partial charge in [-0.3, -0.25) is 4.57 Å². The molecule has 0 heterocycles. The SMILES string of the molecule is CC(C)[C@@H]1CC[C@@H](C)C[C@H]1OP(=O)(/C=C/[Si](C)(C)C)c1ccccc1. The van der Waals surface area contributed by atoms with E-state index in [1.165, 1.54) is 12.8 Å². The normalized spacial score (nSPS) is 27.6. The summed E-state index contributed by atoms with van der Waals surface area (Å²) in [6.07, 6.45) is 3.53. The first kappa shape index (κ1) is 20.7. The van der Waals surface area contributed by atoms with Crippen LogP contribution in [0.1, 0.15) is 40.0 Å². The fraction of sp³-hybridized carbons (Fsp3) is 0.619. The Bertz CT molecular complexity index is 619. The molecule has 1 fully saturated rings. The Balaban J connectivity index is 2.35. The average molecular weight is 379 g/mol. The Kier molecular flexibility index (Phi) is 6.92. The van der Waals surface area contributed by atoms with Gasteiger partial charge in [-0.05, 0) is 48.5 Å². The molecule has 1 saturated carbocycles. The van der Waals surface area contributed by atoms with Gasteiger partial charge in [-0.15, -0.1) is 0 Å². The fourth-order valence-electron chi connectivity index (χ4n) is 3.58. The van der Waals surface area contributed by atoms with Gasteiger partial charge in [0.1, 0.15) is 0 Å². The highest BCUT2D eigenvalue weighted by molar-refractivity contribution is 7.70. The summed E-state index contributed by atoms with van der Waals surface area (Å²) >= 11 is 0. The molecule has 1 unspecified atom stereocenters. The zero-order valence-electron chi connectivity index (χ0n) is 16.7. The maximum absolute atomic E-state index is 13.9. The van der Waals surface area contributed by atoms with Gasteiger partial charge in [0.2, 0.25) is 0 Å². The van der Waals surface area contributed by atoms with Crippen LogP contribution in [0.25, 0.3) is 0 Å². The predicted molar refractivity (Wildman–Crippen MR) is 112 cm³/mol. The zero-order valence-corrected chi connectivity index (χ0v) is 18.6. The van der Waals surface area contributed by atoms with Crippen LogP contribution in [0.4, 0.5) is 0 Å². The lowest BCUT2D eigenvalue weighted by atomic mass is 9.75. The average Bonchev–Trinajstić information content (AvgIpc) is 2.53. The van der Waals surface area contributed by atoms with Crippen molar-refractivity contribution in [3.8, 4) is 0 Å². The summed E-state index contributed by atoms with van der Waals surface area (Å²) < 4.78 is 20.4. The fourth-order valence-corrected chi connectivity index (χ4v) is 7.75. The minimum Gasteiger partial charge on any atom is -0.319 e. The molecule has 0 radical (unpaired) electrons. The van der Waals surface area contributed by atoms with Gasteiger partial charge in [0.25, 0.3) is 7.37 Å². The van der Waals surface area contributed by atoms with Crippen molar-refractivity contribution in [3.05, 3.63) is 41.8 Å². The highest BCUT2D eigenvalue weighted by atomic mass is 31.2. The summed E-state index contributed by atoms with van der Waals surface area (Å²) in [5.41, 5.74) is 2.18. The monoisotopic (exact) mass is 378 g/mol. The third-order valence-electron chi connectivity index (χ3n) is 5.14. The van der Waals surface area contributed by atoms with Crippen molar-refractivity contribution < 1.29 is 9.09 Å². The molecule has 2 rings (SSSR count). The van der Waals surface area contributed by atoms with E-state index >= 15 is 0 Å². The van der Waals surface area contributed by atoms with Crippen LogP contribution >= 0.6 is 7.37 Å². The molecule has 0 amide bonds. The third kappa shape index (κ3) is 5.94. The predicted octanol–water partition coefficient (Wildman–Crippen LogP) is 6.46. The number of hydrogen-bond acceptors (Lipinski definition) is 2. The van der Waals surface area contributed by atoms with Crippen LogP contribution < -0.4 is 5.30 Å². The molecule has 0 aromatic heterocycles. The standard InChI is InChI=1S/C21H35O2PSi/c1-17(2)20-13-12-18(3)16-21(20)23-24(22,14-15-25(4,5)6)19-10-8-7-9-11-19/h7-11,14-15,17-18,20-21H,12-13,16H2,1-6H3/b15-14+/t18-,20+,21-,24?/m1/s1. The molecule has 4 heteroatoms. The number of hydrogen-bond donors (Lipinski definition) is 0. The van der Waals surface area contributed by atoms with Crippen molar-refractivity contribution in [1.82, 2.24) is 0 Å². The van der Waals surface area contributed by atoms with Crippen molar-refractivity contribution in [2.75, 3.05) is 0 Å². The molecule has 0 bridgehead atoms. The molecule has 0 spiro atoms. The molecule has 0 N–H and O–H groups in total. The lowest BCUT2D eigenvalue weighted by Gasteiger charge is -2.38. The third-order valence-corrected chi connectivity index (χ3v) is 8.73. The molecule has 0 aliphatic heterocycles. The summed E-state index contributed by atoms with van der Waals surface area (Å²) in [4.78, 5) is 0. The molecule has 2 nitrogen and oxygen atoms in total. The van der Waals surface area contributed by atoms with E-state index in [4.69, 9.17) is 4.52 Å². The molecular weight excluding hydrogens is 343 g/mol. The molecule has 1 aromatic carbocycles. The summed E-state index contributed by atoms with van der Waals surface area (Å²) in [6.45, 7) is 13.6. The van der Waals surface area contributed by atoms with E-state index in [0.717, 1.165) is 11.7 Å². The summed E-state index contributed by atoms with van der Waals surface area (Å²) in [7, 11) is -4.44. The van der Waals surface area contributed by atoms with Crippen molar-refractivity contribution in [2.24, 2.45) is 17.8 Å². The molecule has 1 aliphatic rings. The van der Waals surface area contributed by atoms with Crippen molar-refractivity contribution >= 4 is 20.7 Å². The van der Waals surface area contributed by atoms with Gasteiger partial charge in [-0.25, -0.2) is 0 Å². The van der Waals surface area contributed by atoms with Gasteiger partial charge >= 0.3 is 0 Å². The second-order valence-corrected chi connectivity index (χ2v) is 16.4. The van der Waals surface area contributed by atoms with Gasteiger partial charge in [-0.1, -0.05) is 70.7 Å². The molecule has 140 valence electrons. The van der Waals surface area contributed by atoms with Gasteiger partial charge in [0.05, 0.1) is 14.2 Å². The van der Waals surface area contributed by atoms with Crippen molar-refractivity contribution in [1.29, 1.82) is 0 Å². The van der Waals surface area contributed by atoms with E-state index in [0.29, 0.717) is 17.8 Å². The minimum absolute atomic E-state index is 0.0843. The van der Waals surface area contributed by atoms with Crippen LogP contribution in [-0.4, -0.2) is 14.2 Å². The smallest absolute Gasteiger partial charge is 0.253 e. The van der Waals surface area contributed by atoms with Crippen LogP contribution in [0.15, 0.2) is 41.8 Å². The maximum Gasteiger partial charge on any atom is 0.253 e. The van der Waals surface area contributed by atoms with E-state index in [1.54, 1.807) is 0 Å². The Morgan fingerprint density at radius 2 is 1.80 bits per heavy atom. The summed E-state index contributed by atoms with van der Waals surface area (Å²) in [5, 5.41) is 0.824. The Labute approximate surface area is 155 Å². The maximum atomic E-state index is 13.9. The van der Waals surface area contributed by atoms with Gasteiger partial charge < -0.3 is 4.52 Å². The zero-order chi connectivity index (χ0) is 18.7. The van der Waals surface area contributed by atoms with Crippen LogP contribution in [0.3, 0.4) is 0 Å². The number of rotatable bonds is 6. The molecule has 1 aromatic rings. The first-order chi connectivity index (χ1) is 11.6.